The normalized spacial score (nSPS) is 14.1. The van der Waals surface area contributed by atoms with Gasteiger partial charge in [0.15, 0.2) is 0 Å². The number of halogens is 1. The highest BCUT2D eigenvalue weighted by Crippen LogP contribution is 2.29. The Bertz CT molecular complexity index is 757. The Hall–Kier alpha value is -1.15. The smallest absolute Gasteiger partial charge is 0.245 e. The number of nitrogens with two attached hydrogens (primary N) is 1. The van der Waals surface area contributed by atoms with Crippen LogP contribution in [0, 0.1) is 5.92 Å². The average molecular weight is 345 g/mol. The molecule has 0 aliphatic carbocycles. The van der Waals surface area contributed by atoms with Crippen molar-refractivity contribution in [3.8, 4) is 0 Å². The van der Waals surface area contributed by atoms with Crippen molar-refractivity contribution in [3.63, 3.8) is 0 Å². The fraction of sp³-hybridized carbons (Fsp3) is 0.500. The third-order valence-corrected chi connectivity index (χ3v) is 6.00. The van der Waals surface area contributed by atoms with E-state index in [2.05, 4.69) is 9.97 Å². The van der Waals surface area contributed by atoms with Crippen LogP contribution in [-0.4, -0.2) is 42.3 Å². The number of aromatic nitrogens is 2. The number of sulfonamides is 1. The van der Waals surface area contributed by atoms with Gasteiger partial charge in [-0.15, -0.1) is 0 Å². The van der Waals surface area contributed by atoms with E-state index >= 15 is 0 Å². The van der Waals surface area contributed by atoms with Crippen molar-refractivity contribution < 1.29 is 8.42 Å². The molecule has 3 N–H and O–H groups in total. The molecule has 1 unspecified atom stereocenters. The zero-order valence-corrected chi connectivity index (χ0v) is 14.4. The first-order chi connectivity index (χ1) is 10.2. The summed E-state index contributed by atoms with van der Waals surface area (Å²) < 4.78 is 26.7. The van der Waals surface area contributed by atoms with Crippen molar-refractivity contribution >= 4 is 32.7 Å². The zero-order valence-electron chi connectivity index (χ0n) is 12.9. The molecule has 0 fully saturated rings. The fourth-order valence-electron chi connectivity index (χ4n) is 2.14. The van der Waals surface area contributed by atoms with E-state index in [-0.39, 0.29) is 10.9 Å². The average Bonchev–Trinajstić information content (AvgIpc) is 2.90. The number of rotatable bonds is 6. The highest BCUT2D eigenvalue weighted by Gasteiger charge is 2.26. The Morgan fingerprint density at radius 3 is 2.77 bits per heavy atom. The molecule has 122 valence electrons. The van der Waals surface area contributed by atoms with Crippen LogP contribution in [0.1, 0.15) is 20.3 Å². The number of nitrogens with one attached hydrogen (secondary N) is 1. The molecular formula is C14H21ClN4O2S. The lowest BCUT2D eigenvalue weighted by Crippen LogP contribution is -2.34. The van der Waals surface area contributed by atoms with Crippen molar-refractivity contribution in [1.29, 1.82) is 0 Å². The summed E-state index contributed by atoms with van der Waals surface area (Å²) in [4.78, 5) is 7.08. The molecule has 0 bridgehead atoms. The minimum atomic E-state index is -3.64. The maximum Gasteiger partial charge on any atom is 0.245 e. The second-order valence-electron chi connectivity index (χ2n) is 5.69. The highest BCUT2D eigenvalue weighted by molar-refractivity contribution is 7.89. The predicted octanol–water partition coefficient (Wildman–Crippen LogP) is 2.21. The molecule has 0 radical (unpaired) electrons. The van der Waals surface area contributed by atoms with Crippen molar-refractivity contribution in [2.45, 2.75) is 31.2 Å². The molecule has 6 nitrogen and oxygen atoms in total. The molecule has 0 aromatic carbocycles. The Balaban J connectivity index is 2.29. The van der Waals surface area contributed by atoms with E-state index in [0.29, 0.717) is 34.9 Å². The Morgan fingerprint density at radius 2 is 2.14 bits per heavy atom. The molecule has 0 aliphatic heterocycles. The van der Waals surface area contributed by atoms with Crippen LogP contribution in [-0.2, 0) is 10.0 Å². The van der Waals surface area contributed by atoms with E-state index in [0.717, 1.165) is 0 Å². The summed E-state index contributed by atoms with van der Waals surface area (Å²) in [6, 6.07) is 1.54. The summed E-state index contributed by atoms with van der Waals surface area (Å²) in [5.74, 6) is 0.308. The van der Waals surface area contributed by atoms with Gasteiger partial charge in [0.05, 0.1) is 10.4 Å². The van der Waals surface area contributed by atoms with Gasteiger partial charge in [-0.25, -0.2) is 17.7 Å². The summed E-state index contributed by atoms with van der Waals surface area (Å²) in [6.07, 6.45) is 3.56. The zero-order chi connectivity index (χ0) is 16.5. The summed E-state index contributed by atoms with van der Waals surface area (Å²) in [7, 11) is -2.10. The first-order valence-electron chi connectivity index (χ1n) is 7.08. The summed E-state index contributed by atoms with van der Waals surface area (Å²) >= 11 is 6.12. The SMILES string of the molecule is CC(C)C(N)CCN(C)S(=O)(=O)c1c[nH]c2nccc(Cl)c12. The second-order valence-corrected chi connectivity index (χ2v) is 8.11. The quantitative estimate of drug-likeness (QED) is 0.840. The van der Waals surface area contributed by atoms with Gasteiger partial charge in [0, 0.05) is 32.0 Å². The lowest BCUT2D eigenvalue weighted by Gasteiger charge is -2.21. The molecule has 2 rings (SSSR count). The Labute approximate surface area is 135 Å². The van der Waals surface area contributed by atoms with E-state index in [1.54, 1.807) is 13.1 Å². The van der Waals surface area contributed by atoms with Gasteiger partial charge in [0.2, 0.25) is 10.0 Å². The van der Waals surface area contributed by atoms with E-state index in [1.165, 1.54) is 16.7 Å². The minimum Gasteiger partial charge on any atom is -0.345 e. The van der Waals surface area contributed by atoms with Gasteiger partial charge in [-0.05, 0) is 18.4 Å². The fourth-order valence-corrected chi connectivity index (χ4v) is 3.80. The van der Waals surface area contributed by atoms with Crippen LogP contribution in [0.2, 0.25) is 5.02 Å². The van der Waals surface area contributed by atoms with Gasteiger partial charge in [-0.3, -0.25) is 0 Å². The maximum atomic E-state index is 12.7. The van der Waals surface area contributed by atoms with Gasteiger partial charge >= 0.3 is 0 Å². The van der Waals surface area contributed by atoms with Crippen LogP contribution in [0.25, 0.3) is 11.0 Å². The van der Waals surface area contributed by atoms with Gasteiger partial charge in [0.1, 0.15) is 10.5 Å². The predicted molar refractivity (Wildman–Crippen MR) is 88.3 cm³/mol. The van der Waals surface area contributed by atoms with Crippen LogP contribution in [0.4, 0.5) is 0 Å². The number of hydrogen-bond donors (Lipinski definition) is 2. The molecule has 2 aromatic heterocycles. The highest BCUT2D eigenvalue weighted by atomic mass is 35.5. The monoisotopic (exact) mass is 344 g/mol. The van der Waals surface area contributed by atoms with Crippen molar-refractivity contribution in [3.05, 3.63) is 23.5 Å². The van der Waals surface area contributed by atoms with Gasteiger partial charge < -0.3 is 10.7 Å². The molecular weight excluding hydrogens is 324 g/mol. The van der Waals surface area contributed by atoms with Crippen molar-refractivity contribution in [1.82, 2.24) is 14.3 Å². The summed E-state index contributed by atoms with van der Waals surface area (Å²) in [5, 5.41) is 0.779. The second kappa shape index (κ2) is 6.54. The van der Waals surface area contributed by atoms with Gasteiger partial charge in [-0.2, -0.15) is 0 Å². The third kappa shape index (κ3) is 3.27. The third-order valence-electron chi connectivity index (χ3n) is 3.81. The standard InChI is InChI=1S/C14H21ClN4O2S/c1-9(2)11(16)5-7-19(3)22(20,21)12-8-18-14-13(12)10(15)4-6-17-14/h4,6,8-9,11H,5,7,16H2,1-3H3,(H,17,18). The lowest BCUT2D eigenvalue weighted by atomic mass is 10.0. The van der Waals surface area contributed by atoms with Crippen LogP contribution in [0.15, 0.2) is 23.4 Å². The molecule has 0 amide bonds. The number of fused-ring (bicyclic) bond motifs is 1. The summed E-state index contributed by atoms with van der Waals surface area (Å²) in [6.45, 7) is 4.39. The molecule has 0 saturated heterocycles. The molecule has 0 saturated carbocycles. The molecule has 0 spiro atoms. The molecule has 8 heteroatoms. The maximum absolute atomic E-state index is 12.7. The van der Waals surface area contributed by atoms with Crippen molar-refractivity contribution in [2.24, 2.45) is 11.7 Å². The van der Waals surface area contributed by atoms with E-state index < -0.39 is 10.0 Å². The topological polar surface area (TPSA) is 92.1 Å². The number of H-pyrrole nitrogens is 1. The minimum absolute atomic E-state index is 0.0362. The lowest BCUT2D eigenvalue weighted by molar-refractivity contribution is 0.398. The molecule has 22 heavy (non-hydrogen) atoms. The van der Waals surface area contributed by atoms with E-state index in [9.17, 15) is 8.42 Å². The van der Waals surface area contributed by atoms with Gasteiger partial charge in [0.25, 0.3) is 0 Å². The number of nitrogens with zero attached hydrogens (tertiary/aromatic N) is 2. The number of hydrogen-bond acceptors (Lipinski definition) is 4. The number of pyridine rings is 1. The molecule has 2 aromatic rings. The first kappa shape index (κ1) is 17.2. The van der Waals surface area contributed by atoms with Crippen LogP contribution < -0.4 is 5.73 Å². The molecule has 0 aliphatic rings. The van der Waals surface area contributed by atoms with E-state index in [4.69, 9.17) is 17.3 Å². The largest absolute Gasteiger partial charge is 0.345 e. The molecule has 1 atom stereocenters. The van der Waals surface area contributed by atoms with Crippen LogP contribution >= 0.6 is 11.6 Å². The molecule has 2 heterocycles. The Kier molecular flexibility index (Phi) is 5.11. The van der Waals surface area contributed by atoms with Crippen LogP contribution in [0.5, 0.6) is 0 Å². The summed E-state index contributed by atoms with van der Waals surface area (Å²) in [5.41, 5.74) is 6.44. The van der Waals surface area contributed by atoms with E-state index in [1.807, 2.05) is 13.8 Å². The van der Waals surface area contributed by atoms with Crippen molar-refractivity contribution in [2.75, 3.05) is 13.6 Å². The van der Waals surface area contributed by atoms with Gasteiger partial charge in [-0.1, -0.05) is 25.4 Å². The first-order valence-corrected chi connectivity index (χ1v) is 8.90. The van der Waals surface area contributed by atoms with Crippen LogP contribution in [0.3, 0.4) is 0 Å². The Morgan fingerprint density at radius 1 is 1.45 bits per heavy atom. The number of aromatic amines is 1.